The minimum absolute atomic E-state index is 0.166. The molecule has 2 aliphatic rings. The summed E-state index contributed by atoms with van der Waals surface area (Å²) >= 11 is 0. The van der Waals surface area contributed by atoms with E-state index in [1.54, 1.807) is 0 Å². The van der Waals surface area contributed by atoms with Gasteiger partial charge >= 0.3 is 0 Å². The molecule has 21 heavy (non-hydrogen) atoms. The summed E-state index contributed by atoms with van der Waals surface area (Å²) < 4.78 is 11.7. The van der Waals surface area contributed by atoms with Crippen molar-refractivity contribution in [3.63, 3.8) is 0 Å². The van der Waals surface area contributed by atoms with E-state index in [0.717, 1.165) is 44.8 Å². The fraction of sp³-hybridized carbons (Fsp3) is 0.647. The van der Waals surface area contributed by atoms with E-state index in [2.05, 4.69) is 30.0 Å². The Hall–Kier alpha value is -1.10. The van der Waals surface area contributed by atoms with Crippen molar-refractivity contribution in [3.8, 4) is 5.75 Å². The van der Waals surface area contributed by atoms with Crippen LogP contribution >= 0.6 is 0 Å². The lowest BCUT2D eigenvalue weighted by atomic mass is 9.88. The predicted molar refractivity (Wildman–Crippen MR) is 83.7 cm³/mol. The van der Waals surface area contributed by atoms with Crippen LogP contribution in [0.2, 0.25) is 0 Å². The van der Waals surface area contributed by atoms with Gasteiger partial charge in [0.25, 0.3) is 0 Å². The number of fused-ring (bicyclic) bond motifs is 1. The first-order valence-corrected chi connectivity index (χ1v) is 8.11. The number of rotatable bonds is 4. The van der Waals surface area contributed by atoms with Crippen molar-refractivity contribution in [1.29, 1.82) is 0 Å². The zero-order valence-corrected chi connectivity index (χ0v) is 12.9. The van der Waals surface area contributed by atoms with Gasteiger partial charge in [0.2, 0.25) is 0 Å². The van der Waals surface area contributed by atoms with Crippen LogP contribution in [0.3, 0.4) is 0 Å². The Kier molecular flexibility index (Phi) is 4.78. The van der Waals surface area contributed by atoms with E-state index in [1.807, 2.05) is 0 Å². The molecule has 0 radical (unpaired) electrons. The zero-order chi connectivity index (χ0) is 14.7. The highest BCUT2D eigenvalue weighted by atomic mass is 16.5. The molecule has 1 aliphatic heterocycles. The Morgan fingerprint density at radius 2 is 2.33 bits per heavy atom. The molecule has 0 bridgehead atoms. The number of benzene rings is 1. The number of morpholine rings is 1. The van der Waals surface area contributed by atoms with Gasteiger partial charge in [-0.3, -0.25) is 4.90 Å². The molecule has 1 aromatic carbocycles. The molecular formula is C17H26N2O2. The Morgan fingerprint density at radius 3 is 3.19 bits per heavy atom. The monoisotopic (exact) mass is 290 g/mol. The standard InChI is InChI=1S/C17H26N2O2/c1-2-19-8-9-20-15(11-19)12-21-14-7-6-13-4-3-5-17(18)16(13)10-14/h6-7,10,15,17H,2-5,8-9,11-12,18H2,1H3. The summed E-state index contributed by atoms with van der Waals surface area (Å²) in [4.78, 5) is 2.40. The number of nitrogens with zero attached hydrogens (tertiary/aromatic N) is 1. The molecule has 1 aromatic rings. The van der Waals surface area contributed by atoms with E-state index in [9.17, 15) is 0 Å². The van der Waals surface area contributed by atoms with Crippen molar-refractivity contribution in [1.82, 2.24) is 4.90 Å². The number of aryl methyl sites for hydroxylation is 1. The molecular weight excluding hydrogens is 264 g/mol. The van der Waals surface area contributed by atoms with Crippen LogP contribution < -0.4 is 10.5 Å². The van der Waals surface area contributed by atoms with Gasteiger partial charge in [-0.2, -0.15) is 0 Å². The van der Waals surface area contributed by atoms with E-state index in [-0.39, 0.29) is 12.1 Å². The second-order valence-electron chi connectivity index (χ2n) is 6.06. The number of hydrogen-bond acceptors (Lipinski definition) is 4. The number of nitrogens with two attached hydrogens (primary N) is 1. The third kappa shape index (κ3) is 3.57. The lowest BCUT2D eigenvalue weighted by Crippen LogP contribution is -2.44. The largest absolute Gasteiger partial charge is 0.491 e. The summed E-state index contributed by atoms with van der Waals surface area (Å²) in [6, 6.07) is 6.53. The lowest BCUT2D eigenvalue weighted by molar-refractivity contribution is -0.0464. The van der Waals surface area contributed by atoms with Gasteiger partial charge < -0.3 is 15.2 Å². The van der Waals surface area contributed by atoms with E-state index in [1.165, 1.54) is 17.5 Å². The van der Waals surface area contributed by atoms with Crippen molar-refractivity contribution in [2.24, 2.45) is 5.73 Å². The summed E-state index contributed by atoms with van der Waals surface area (Å²) in [6.45, 7) is 6.67. The highest BCUT2D eigenvalue weighted by Crippen LogP contribution is 2.30. The summed E-state index contributed by atoms with van der Waals surface area (Å²) in [6.07, 6.45) is 3.58. The van der Waals surface area contributed by atoms with Gasteiger partial charge in [-0.15, -0.1) is 0 Å². The molecule has 4 nitrogen and oxygen atoms in total. The molecule has 0 amide bonds. The molecule has 1 saturated heterocycles. The van der Waals surface area contributed by atoms with E-state index in [4.69, 9.17) is 15.2 Å². The van der Waals surface area contributed by atoms with Gasteiger partial charge in [-0.25, -0.2) is 0 Å². The van der Waals surface area contributed by atoms with E-state index >= 15 is 0 Å². The van der Waals surface area contributed by atoms with Crippen molar-refractivity contribution >= 4 is 0 Å². The molecule has 2 N–H and O–H groups in total. The molecule has 3 rings (SSSR count). The second-order valence-corrected chi connectivity index (χ2v) is 6.06. The molecule has 2 unspecified atom stereocenters. The van der Waals surface area contributed by atoms with Crippen LogP contribution in [0.25, 0.3) is 0 Å². The average Bonchev–Trinajstić information content (AvgIpc) is 2.54. The predicted octanol–water partition coefficient (Wildman–Crippen LogP) is 2.12. The maximum absolute atomic E-state index is 6.20. The summed E-state index contributed by atoms with van der Waals surface area (Å²) in [5.74, 6) is 0.920. The topological polar surface area (TPSA) is 47.7 Å². The molecule has 0 saturated carbocycles. The van der Waals surface area contributed by atoms with E-state index in [0.29, 0.717) is 6.61 Å². The molecule has 1 aliphatic carbocycles. The average molecular weight is 290 g/mol. The van der Waals surface area contributed by atoms with Crippen molar-refractivity contribution in [2.75, 3.05) is 32.8 Å². The second kappa shape index (κ2) is 6.77. The van der Waals surface area contributed by atoms with Gasteiger partial charge in [0, 0.05) is 19.1 Å². The highest BCUT2D eigenvalue weighted by Gasteiger charge is 2.21. The van der Waals surface area contributed by atoms with Crippen LogP contribution in [0.4, 0.5) is 0 Å². The first-order valence-electron chi connectivity index (χ1n) is 8.11. The van der Waals surface area contributed by atoms with E-state index < -0.39 is 0 Å². The summed E-state index contributed by atoms with van der Waals surface area (Å²) in [5, 5.41) is 0. The lowest BCUT2D eigenvalue weighted by Gasteiger charge is -2.32. The first kappa shape index (κ1) is 14.8. The zero-order valence-electron chi connectivity index (χ0n) is 12.9. The Bertz CT molecular complexity index is 478. The third-order valence-electron chi connectivity index (χ3n) is 4.58. The normalized spacial score (nSPS) is 26.4. The number of hydrogen-bond donors (Lipinski definition) is 1. The van der Waals surface area contributed by atoms with Crippen molar-refractivity contribution < 1.29 is 9.47 Å². The summed E-state index contributed by atoms with van der Waals surface area (Å²) in [7, 11) is 0. The fourth-order valence-electron chi connectivity index (χ4n) is 3.26. The quantitative estimate of drug-likeness (QED) is 0.923. The van der Waals surface area contributed by atoms with Crippen LogP contribution in [0.15, 0.2) is 18.2 Å². The number of likely N-dealkylation sites (N-methyl/N-ethyl adjacent to an activating group) is 1. The van der Waals surface area contributed by atoms with Crippen molar-refractivity contribution in [3.05, 3.63) is 29.3 Å². The van der Waals surface area contributed by atoms with Gasteiger partial charge in [-0.05, 0) is 49.1 Å². The maximum Gasteiger partial charge on any atom is 0.119 e. The fourth-order valence-corrected chi connectivity index (χ4v) is 3.26. The Balaban J connectivity index is 1.59. The summed E-state index contributed by atoms with van der Waals surface area (Å²) in [5.41, 5.74) is 8.85. The van der Waals surface area contributed by atoms with Crippen LogP contribution in [-0.4, -0.2) is 43.9 Å². The SMILES string of the molecule is CCN1CCOC(COc2ccc3c(c2)C(N)CCC3)C1. The number of ether oxygens (including phenoxy) is 2. The Labute approximate surface area is 127 Å². The first-order chi connectivity index (χ1) is 10.3. The smallest absolute Gasteiger partial charge is 0.119 e. The van der Waals surface area contributed by atoms with Crippen LogP contribution in [0.5, 0.6) is 5.75 Å². The molecule has 0 spiro atoms. The molecule has 1 fully saturated rings. The minimum Gasteiger partial charge on any atom is -0.491 e. The van der Waals surface area contributed by atoms with Gasteiger partial charge in [-0.1, -0.05) is 13.0 Å². The minimum atomic E-state index is 0.166. The molecule has 4 heteroatoms. The van der Waals surface area contributed by atoms with Crippen LogP contribution in [0.1, 0.15) is 36.9 Å². The highest BCUT2D eigenvalue weighted by molar-refractivity contribution is 5.39. The van der Waals surface area contributed by atoms with Crippen LogP contribution in [0, 0.1) is 0 Å². The molecule has 2 atom stereocenters. The third-order valence-corrected chi connectivity index (χ3v) is 4.58. The van der Waals surface area contributed by atoms with Gasteiger partial charge in [0.15, 0.2) is 0 Å². The molecule has 1 heterocycles. The maximum atomic E-state index is 6.20. The molecule has 0 aromatic heterocycles. The molecule has 116 valence electrons. The van der Waals surface area contributed by atoms with Gasteiger partial charge in [0.05, 0.1) is 6.61 Å². The Morgan fingerprint density at radius 1 is 1.43 bits per heavy atom. The van der Waals surface area contributed by atoms with Crippen molar-refractivity contribution in [2.45, 2.75) is 38.3 Å². The van der Waals surface area contributed by atoms with Crippen LogP contribution in [-0.2, 0) is 11.2 Å². The van der Waals surface area contributed by atoms with Gasteiger partial charge in [0.1, 0.15) is 18.5 Å².